The Labute approximate surface area is 101 Å². The highest BCUT2D eigenvalue weighted by molar-refractivity contribution is 9.10. The summed E-state index contributed by atoms with van der Waals surface area (Å²) in [5.74, 6) is 0. The maximum absolute atomic E-state index is 6.11. The molecule has 1 rings (SSSR count). The highest BCUT2D eigenvalue weighted by atomic mass is 79.9. The Bertz CT molecular complexity index is 276. The summed E-state index contributed by atoms with van der Waals surface area (Å²) in [5.41, 5.74) is 7.42. The van der Waals surface area contributed by atoms with E-state index in [1.165, 1.54) is 5.56 Å². The summed E-state index contributed by atoms with van der Waals surface area (Å²) in [7, 11) is 0. The largest absolute Gasteiger partial charge is 0.324 e. The average molecular weight is 279 g/mol. The molecule has 0 aliphatic carbocycles. The van der Waals surface area contributed by atoms with Gasteiger partial charge < -0.3 is 5.73 Å². The molecule has 0 unspecified atom stereocenters. The number of benzene rings is 1. The fraction of sp³-hybridized carbons (Fsp3) is 0.455. The number of hydrogen-bond acceptors (Lipinski definition) is 1. The second-order valence-electron chi connectivity index (χ2n) is 4.40. The van der Waals surface area contributed by atoms with Gasteiger partial charge in [-0.3, -0.25) is 0 Å². The van der Waals surface area contributed by atoms with E-state index < -0.39 is 0 Å². The van der Waals surface area contributed by atoms with Gasteiger partial charge in [0.2, 0.25) is 0 Å². The van der Waals surface area contributed by atoms with Gasteiger partial charge in [-0.25, -0.2) is 0 Å². The van der Waals surface area contributed by atoms with E-state index in [9.17, 15) is 0 Å². The summed E-state index contributed by atoms with van der Waals surface area (Å²) in [4.78, 5) is 0. The molecule has 1 nitrogen and oxygen atoms in total. The van der Waals surface area contributed by atoms with Crippen molar-refractivity contribution in [3.63, 3.8) is 0 Å². The molecular weight excluding hydrogens is 261 g/mol. The maximum Gasteiger partial charge on any atom is 0.0344 e. The van der Waals surface area contributed by atoms with E-state index in [1.54, 1.807) is 0 Å². The third-order valence-corrected chi connectivity index (χ3v) is 2.69. The summed E-state index contributed by atoms with van der Waals surface area (Å²) in [6.45, 7) is 6.46. The molecule has 1 aromatic carbocycles. The van der Waals surface area contributed by atoms with E-state index in [4.69, 9.17) is 5.73 Å². The molecule has 1 aromatic rings. The van der Waals surface area contributed by atoms with Crippen molar-refractivity contribution in [1.29, 1.82) is 0 Å². The Morgan fingerprint density at radius 3 is 1.93 bits per heavy atom. The predicted molar refractivity (Wildman–Crippen MR) is 67.8 cm³/mol. The van der Waals surface area contributed by atoms with Crippen LogP contribution in [0.2, 0.25) is 0 Å². The van der Waals surface area contributed by atoms with Crippen LogP contribution in [0.1, 0.15) is 32.4 Å². The number of hydrogen-bond donors (Lipinski definition) is 1. The lowest BCUT2D eigenvalue weighted by atomic mass is 9.83. The lowest BCUT2D eigenvalue weighted by Gasteiger charge is -2.27. The van der Waals surface area contributed by atoms with Crippen LogP contribution in [-0.2, 0) is 0 Å². The van der Waals surface area contributed by atoms with Gasteiger partial charge in [-0.1, -0.05) is 48.8 Å². The van der Waals surface area contributed by atoms with E-state index in [2.05, 4.69) is 48.8 Å². The molecule has 0 radical (unpaired) electrons. The first kappa shape index (κ1) is 13.9. The molecule has 0 heterocycles. The van der Waals surface area contributed by atoms with Crippen molar-refractivity contribution in [3.05, 3.63) is 34.3 Å². The smallest absolute Gasteiger partial charge is 0.0344 e. The molecule has 0 saturated carbocycles. The van der Waals surface area contributed by atoms with Gasteiger partial charge in [-0.05, 0) is 23.1 Å². The molecule has 80 valence electrons. The number of rotatable bonds is 1. The molecule has 0 spiro atoms. The lowest BCUT2D eigenvalue weighted by Crippen LogP contribution is -2.26. The molecule has 0 saturated heterocycles. The highest BCUT2D eigenvalue weighted by Crippen LogP contribution is 2.30. The molecule has 14 heavy (non-hydrogen) atoms. The second kappa shape index (κ2) is 5.15. The van der Waals surface area contributed by atoms with Gasteiger partial charge >= 0.3 is 0 Å². The standard InChI is InChI=1S/C11H16BrN.ClH/c1-11(2,3)10(13)8-4-6-9(12)7-5-8;/h4-7,10H,13H2,1-3H3;1H/t10-;/m1./s1. The van der Waals surface area contributed by atoms with Crippen LogP contribution in [-0.4, -0.2) is 0 Å². The first-order chi connectivity index (χ1) is 5.91. The first-order valence-electron chi connectivity index (χ1n) is 4.42. The summed E-state index contributed by atoms with van der Waals surface area (Å²) in [6, 6.07) is 8.29. The van der Waals surface area contributed by atoms with Crippen molar-refractivity contribution >= 4 is 28.3 Å². The molecule has 0 fully saturated rings. The average Bonchev–Trinajstić information content (AvgIpc) is 2.03. The molecule has 2 N–H and O–H groups in total. The van der Waals surface area contributed by atoms with Crippen molar-refractivity contribution in [3.8, 4) is 0 Å². The number of halogens is 2. The van der Waals surface area contributed by atoms with Gasteiger partial charge in [-0.2, -0.15) is 0 Å². The molecule has 1 atom stereocenters. The highest BCUT2D eigenvalue weighted by Gasteiger charge is 2.21. The van der Waals surface area contributed by atoms with E-state index in [0.29, 0.717) is 0 Å². The van der Waals surface area contributed by atoms with Gasteiger partial charge in [0.15, 0.2) is 0 Å². The van der Waals surface area contributed by atoms with Crippen molar-refractivity contribution < 1.29 is 0 Å². The van der Waals surface area contributed by atoms with Crippen LogP contribution in [0.3, 0.4) is 0 Å². The van der Waals surface area contributed by atoms with Gasteiger partial charge in [0.05, 0.1) is 0 Å². The zero-order valence-electron chi connectivity index (χ0n) is 8.75. The molecule has 0 bridgehead atoms. The van der Waals surface area contributed by atoms with Crippen LogP contribution in [0.25, 0.3) is 0 Å². The third kappa shape index (κ3) is 3.60. The fourth-order valence-electron chi connectivity index (χ4n) is 1.17. The van der Waals surface area contributed by atoms with E-state index >= 15 is 0 Å². The van der Waals surface area contributed by atoms with E-state index in [0.717, 1.165) is 4.47 Å². The molecular formula is C11H17BrClN. The van der Waals surface area contributed by atoms with Gasteiger partial charge in [0, 0.05) is 10.5 Å². The van der Waals surface area contributed by atoms with E-state index in [-0.39, 0.29) is 23.9 Å². The lowest BCUT2D eigenvalue weighted by molar-refractivity contribution is 0.327. The summed E-state index contributed by atoms with van der Waals surface area (Å²) >= 11 is 3.40. The summed E-state index contributed by atoms with van der Waals surface area (Å²) in [6.07, 6.45) is 0. The van der Waals surface area contributed by atoms with E-state index in [1.807, 2.05) is 12.1 Å². The van der Waals surface area contributed by atoms with Crippen LogP contribution in [0.5, 0.6) is 0 Å². The molecule has 0 aliphatic heterocycles. The van der Waals surface area contributed by atoms with Crippen molar-refractivity contribution in [2.75, 3.05) is 0 Å². The first-order valence-corrected chi connectivity index (χ1v) is 5.21. The predicted octanol–water partition coefficient (Wildman–Crippen LogP) is 3.92. The van der Waals surface area contributed by atoms with Gasteiger partial charge in [0.1, 0.15) is 0 Å². The summed E-state index contributed by atoms with van der Waals surface area (Å²) in [5, 5.41) is 0. The zero-order valence-corrected chi connectivity index (χ0v) is 11.2. The maximum atomic E-state index is 6.11. The van der Waals surface area contributed by atoms with Crippen LogP contribution in [0.4, 0.5) is 0 Å². The van der Waals surface area contributed by atoms with Crippen molar-refractivity contribution in [2.45, 2.75) is 26.8 Å². The van der Waals surface area contributed by atoms with Gasteiger partial charge in [-0.15, -0.1) is 12.4 Å². The molecule has 0 amide bonds. The fourth-order valence-corrected chi connectivity index (χ4v) is 1.43. The quantitative estimate of drug-likeness (QED) is 0.828. The Balaban J connectivity index is 0.00000169. The Hall–Kier alpha value is -0.0500. The minimum Gasteiger partial charge on any atom is -0.324 e. The topological polar surface area (TPSA) is 26.0 Å². The molecule has 0 aromatic heterocycles. The van der Waals surface area contributed by atoms with Crippen LogP contribution in [0.15, 0.2) is 28.7 Å². The molecule has 3 heteroatoms. The zero-order chi connectivity index (χ0) is 10.1. The number of nitrogens with two attached hydrogens (primary N) is 1. The third-order valence-electron chi connectivity index (χ3n) is 2.16. The van der Waals surface area contributed by atoms with Crippen molar-refractivity contribution in [1.82, 2.24) is 0 Å². The Morgan fingerprint density at radius 2 is 1.57 bits per heavy atom. The minimum atomic E-state index is 0. The normalized spacial score (nSPS) is 13.2. The Kier molecular flexibility index (Phi) is 5.13. The second-order valence-corrected chi connectivity index (χ2v) is 5.31. The summed E-state index contributed by atoms with van der Waals surface area (Å²) < 4.78 is 1.09. The van der Waals surface area contributed by atoms with Gasteiger partial charge in [0.25, 0.3) is 0 Å². The Morgan fingerprint density at radius 1 is 1.14 bits per heavy atom. The SMILES string of the molecule is CC(C)(C)[C@H](N)c1ccc(Br)cc1.Cl. The van der Waals surface area contributed by atoms with Crippen LogP contribution < -0.4 is 5.73 Å². The monoisotopic (exact) mass is 277 g/mol. The minimum absolute atomic E-state index is 0. The van der Waals surface area contributed by atoms with Crippen LogP contribution in [0, 0.1) is 5.41 Å². The van der Waals surface area contributed by atoms with Crippen LogP contribution >= 0.6 is 28.3 Å². The molecule has 0 aliphatic rings. The van der Waals surface area contributed by atoms with Crippen molar-refractivity contribution in [2.24, 2.45) is 11.1 Å².